The molecule has 0 amide bonds. The number of rotatable bonds is 7. The quantitative estimate of drug-likeness (QED) is 0.546. The van der Waals surface area contributed by atoms with Crippen molar-refractivity contribution in [1.29, 1.82) is 0 Å². The number of ether oxygens (including phenoxy) is 1. The van der Waals surface area contributed by atoms with Gasteiger partial charge >= 0.3 is 0 Å². The third-order valence-corrected chi connectivity index (χ3v) is 4.16. The highest BCUT2D eigenvalue weighted by atomic mass is 79.9. The first-order valence-electron chi connectivity index (χ1n) is 5.99. The fourth-order valence-corrected chi connectivity index (χ4v) is 3.08. The van der Waals surface area contributed by atoms with Gasteiger partial charge in [0.2, 0.25) is 0 Å². The van der Waals surface area contributed by atoms with Crippen molar-refractivity contribution >= 4 is 33.5 Å². The van der Waals surface area contributed by atoms with Crippen LogP contribution in [0.15, 0.2) is 22.7 Å². The van der Waals surface area contributed by atoms with Gasteiger partial charge < -0.3 is 4.74 Å². The first-order chi connectivity index (χ1) is 8.54. The van der Waals surface area contributed by atoms with E-state index in [9.17, 15) is 4.79 Å². The molecule has 1 aromatic rings. The lowest BCUT2D eigenvalue weighted by molar-refractivity contribution is 0.102. The number of ketones is 1. The van der Waals surface area contributed by atoms with E-state index in [1.807, 2.05) is 18.2 Å². The van der Waals surface area contributed by atoms with Crippen LogP contribution < -0.4 is 4.74 Å². The predicted octanol–water partition coefficient (Wildman–Crippen LogP) is 4.42. The van der Waals surface area contributed by atoms with Crippen LogP contribution in [0.3, 0.4) is 0 Å². The molecular formula is C14H19BrO2S. The Hall–Kier alpha value is -0.480. The Morgan fingerprint density at radius 2 is 2.17 bits per heavy atom. The van der Waals surface area contributed by atoms with Gasteiger partial charge in [-0.3, -0.25) is 4.79 Å². The smallest absolute Gasteiger partial charge is 0.172 e. The summed E-state index contributed by atoms with van der Waals surface area (Å²) in [5.41, 5.74) is 0.736. The Kier molecular flexibility index (Phi) is 6.79. The topological polar surface area (TPSA) is 26.3 Å². The van der Waals surface area contributed by atoms with Crippen LogP contribution in [-0.4, -0.2) is 24.4 Å². The van der Waals surface area contributed by atoms with E-state index in [4.69, 9.17) is 4.74 Å². The molecule has 0 aliphatic rings. The molecule has 0 N–H and O–H groups in total. The molecule has 0 unspecified atom stereocenters. The molecule has 0 aliphatic carbocycles. The number of hydrogen-bond donors (Lipinski definition) is 0. The molecule has 0 aliphatic heterocycles. The van der Waals surface area contributed by atoms with E-state index in [1.54, 1.807) is 18.9 Å². The summed E-state index contributed by atoms with van der Waals surface area (Å²) in [4.78, 5) is 12.0. The molecule has 18 heavy (non-hydrogen) atoms. The van der Waals surface area contributed by atoms with E-state index in [0.717, 1.165) is 28.0 Å². The van der Waals surface area contributed by atoms with Crippen LogP contribution in [0.2, 0.25) is 0 Å². The minimum Gasteiger partial charge on any atom is -0.496 e. The number of thioether (sulfide) groups is 1. The Morgan fingerprint density at radius 1 is 1.44 bits per heavy atom. The average Bonchev–Trinajstić information content (AvgIpc) is 2.34. The maximum absolute atomic E-state index is 12.0. The van der Waals surface area contributed by atoms with Crippen molar-refractivity contribution in [3.8, 4) is 5.75 Å². The minimum absolute atomic E-state index is 0.173. The van der Waals surface area contributed by atoms with Gasteiger partial charge in [-0.05, 0) is 52.2 Å². The van der Waals surface area contributed by atoms with Crippen molar-refractivity contribution in [2.24, 2.45) is 5.92 Å². The van der Waals surface area contributed by atoms with Crippen molar-refractivity contribution in [3.63, 3.8) is 0 Å². The molecule has 1 rings (SSSR count). The Morgan fingerprint density at radius 3 is 2.72 bits per heavy atom. The molecule has 2 nitrogen and oxygen atoms in total. The lowest BCUT2D eigenvalue weighted by Gasteiger charge is -2.06. The molecule has 4 heteroatoms. The van der Waals surface area contributed by atoms with E-state index in [-0.39, 0.29) is 5.78 Å². The summed E-state index contributed by atoms with van der Waals surface area (Å²) in [5.74, 6) is 3.21. The van der Waals surface area contributed by atoms with Gasteiger partial charge in [0.15, 0.2) is 5.78 Å². The highest BCUT2D eigenvalue weighted by Gasteiger charge is 2.09. The third kappa shape index (κ3) is 5.02. The van der Waals surface area contributed by atoms with Crippen LogP contribution in [0.25, 0.3) is 0 Å². The second-order valence-corrected chi connectivity index (χ2v) is 6.47. The molecule has 100 valence electrons. The van der Waals surface area contributed by atoms with Gasteiger partial charge in [0.05, 0.1) is 17.3 Å². The van der Waals surface area contributed by atoms with Gasteiger partial charge in [-0.25, -0.2) is 0 Å². The van der Waals surface area contributed by atoms with E-state index >= 15 is 0 Å². The van der Waals surface area contributed by atoms with Crippen LogP contribution in [0.4, 0.5) is 0 Å². The summed E-state index contributed by atoms with van der Waals surface area (Å²) in [6.07, 6.45) is 1.16. The molecule has 0 bridgehead atoms. The summed E-state index contributed by atoms with van der Waals surface area (Å²) >= 11 is 5.10. The van der Waals surface area contributed by atoms with Crippen LogP contribution in [-0.2, 0) is 0 Å². The SMILES string of the molecule is COc1ccc(C(=O)CSCCC(C)C)cc1Br. The number of carbonyl (C=O) groups is 1. The molecule has 0 atom stereocenters. The van der Waals surface area contributed by atoms with Crippen molar-refractivity contribution in [2.75, 3.05) is 18.6 Å². The molecule has 0 heterocycles. The molecule has 0 radical (unpaired) electrons. The highest BCUT2D eigenvalue weighted by Crippen LogP contribution is 2.26. The van der Waals surface area contributed by atoms with Gasteiger partial charge in [-0.1, -0.05) is 13.8 Å². The Balaban J connectivity index is 2.49. The van der Waals surface area contributed by atoms with E-state index in [1.165, 1.54) is 0 Å². The first kappa shape index (κ1) is 15.6. The fraction of sp³-hybridized carbons (Fsp3) is 0.500. The Labute approximate surface area is 122 Å². The fourth-order valence-electron chi connectivity index (χ4n) is 1.41. The molecule has 0 fully saturated rings. The molecule has 1 aromatic carbocycles. The summed E-state index contributed by atoms with van der Waals surface area (Å²) in [5, 5.41) is 0. The maximum Gasteiger partial charge on any atom is 0.172 e. The predicted molar refractivity (Wildman–Crippen MR) is 81.8 cm³/mol. The van der Waals surface area contributed by atoms with Crippen LogP contribution in [0.1, 0.15) is 30.6 Å². The minimum atomic E-state index is 0.173. The molecule has 0 saturated carbocycles. The summed E-state index contributed by atoms with van der Waals surface area (Å²) in [6.45, 7) is 4.39. The highest BCUT2D eigenvalue weighted by molar-refractivity contribution is 9.10. The van der Waals surface area contributed by atoms with Gasteiger partial charge in [-0.15, -0.1) is 0 Å². The summed E-state index contributed by atoms with van der Waals surface area (Å²) in [7, 11) is 1.61. The van der Waals surface area contributed by atoms with E-state index in [0.29, 0.717) is 11.7 Å². The number of carbonyl (C=O) groups excluding carboxylic acids is 1. The van der Waals surface area contributed by atoms with Crippen molar-refractivity contribution < 1.29 is 9.53 Å². The lowest BCUT2D eigenvalue weighted by atomic mass is 10.1. The number of methoxy groups -OCH3 is 1. The lowest BCUT2D eigenvalue weighted by Crippen LogP contribution is -2.04. The normalized spacial score (nSPS) is 10.7. The van der Waals surface area contributed by atoms with Gasteiger partial charge in [0, 0.05) is 5.56 Å². The largest absolute Gasteiger partial charge is 0.496 e. The zero-order valence-corrected chi connectivity index (χ0v) is 13.4. The second kappa shape index (κ2) is 7.85. The second-order valence-electron chi connectivity index (χ2n) is 4.51. The van der Waals surface area contributed by atoms with E-state index < -0.39 is 0 Å². The van der Waals surface area contributed by atoms with Gasteiger partial charge in [-0.2, -0.15) is 11.8 Å². The molecule has 0 spiro atoms. The van der Waals surface area contributed by atoms with Crippen LogP contribution >= 0.6 is 27.7 Å². The number of halogens is 1. The van der Waals surface area contributed by atoms with Gasteiger partial charge in [0.25, 0.3) is 0 Å². The first-order valence-corrected chi connectivity index (χ1v) is 7.94. The summed E-state index contributed by atoms with van der Waals surface area (Å²) < 4.78 is 5.96. The van der Waals surface area contributed by atoms with Gasteiger partial charge in [0.1, 0.15) is 5.75 Å². The number of benzene rings is 1. The third-order valence-electron chi connectivity index (χ3n) is 2.55. The molecule has 0 aromatic heterocycles. The number of hydrogen-bond acceptors (Lipinski definition) is 3. The van der Waals surface area contributed by atoms with Crippen molar-refractivity contribution in [2.45, 2.75) is 20.3 Å². The zero-order valence-electron chi connectivity index (χ0n) is 11.0. The number of Topliss-reactive ketones (excluding diaryl/α,β-unsaturated/α-hetero) is 1. The summed E-state index contributed by atoms with van der Waals surface area (Å²) in [6, 6.07) is 5.45. The van der Waals surface area contributed by atoms with Crippen LogP contribution in [0.5, 0.6) is 5.75 Å². The Bertz CT molecular complexity index is 405. The monoisotopic (exact) mass is 330 g/mol. The maximum atomic E-state index is 12.0. The average molecular weight is 331 g/mol. The van der Waals surface area contributed by atoms with Crippen molar-refractivity contribution in [3.05, 3.63) is 28.2 Å². The molecular weight excluding hydrogens is 312 g/mol. The van der Waals surface area contributed by atoms with Crippen LogP contribution in [0, 0.1) is 5.92 Å². The van der Waals surface area contributed by atoms with E-state index in [2.05, 4.69) is 29.8 Å². The molecule has 0 saturated heterocycles. The van der Waals surface area contributed by atoms with Crippen molar-refractivity contribution in [1.82, 2.24) is 0 Å². The standard InChI is InChI=1S/C14H19BrO2S/c1-10(2)6-7-18-9-13(16)11-4-5-14(17-3)12(15)8-11/h4-5,8,10H,6-7,9H2,1-3H3. The zero-order chi connectivity index (χ0) is 13.5.